The number of nitrogen functional groups attached to an aromatic ring is 1. The molecule has 0 spiro atoms. The Morgan fingerprint density at radius 3 is 2.94 bits per heavy atom. The summed E-state index contributed by atoms with van der Waals surface area (Å²) in [6.07, 6.45) is 7.96. The highest BCUT2D eigenvalue weighted by atomic mass is 16.1. The molecule has 0 unspecified atom stereocenters. The maximum absolute atomic E-state index is 11.9. The van der Waals surface area contributed by atoms with Gasteiger partial charge in [0.2, 0.25) is 0 Å². The number of hydrogen-bond donors (Lipinski definition) is 3. The summed E-state index contributed by atoms with van der Waals surface area (Å²) in [5, 5.41) is 2.94. The van der Waals surface area contributed by atoms with Crippen molar-refractivity contribution in [3.05, 3.63) is 23.9 Å². The Labute approximate surface area is 107 Å². The highest BCUT2D eigenvalue weighted by Crippen LogP contribution is 2.26. The lowest BCUT2D eigenvalue weighted by atomic mass is 10.0. The number of pyridine rings is 1. The van der Waals surface area contributed by atoms with E-state index in [1.54, 1.807) is 18.3 Å². The number of rotatable bonds is 5. The van der Waals surface area contributed by atoms with E-state index in [9.17, 15) is 4.79 Å². The van der Waals surface area contributed by atoms with Gasteiger partial charge in [-0.1, -0.05) is 25.7 Å². The SMILES string of the molecule is NNc1cc(C(=O)NCCC2CCCC2)ccn1. The van der Waals surface area contributed by atoms with E-state index in [-0.39, 0.29) is 5.91 Å². The molecule has 5 nitrogen and oxygen atoms in total. The van der Waals surface area contributed by atoms with Crippen molar-refractivity contribution in [2.45, 2.75) is 32.1 Å². The zero-order valence-electron chi connectivity index (χ0n) is 10.5. The number of anilines is 1. The predicted octanol–water partition coefficient (Wildman–Crippen LogP) is 1.68. The molecular weight excluding hydrogens is 228 g/mol. The number of amides is 1. The third-order valence-electron chi connectivity index (χ3n) is 3.48. The molecular formula is C13H20N4O. The summed E-state index contributed by atoms with van der Waals surface area (Å²) < 4.78 is 0. The van der Waals surface area contributed by atoms with E-state index in [1.165, 1.54) is 25.7 Å². The molecule has 1 heterocycles. The molecule has 0 aromatic carbocycles. The molecule has 1 fully saturated rings. The number of hydrogen-bond acceptors (Lipinski definition) is 4. The summed E-state index contributed by atoms with van der Waals surface area (Å²) in [5.74, 6) is 6.49. The molecule has 0 bridgehead atoms. The van der Waals surface area contributed by atoms with Crippen LogP contribution in [0, 0.1) is 5.92 Å². The van der Waals surface area contributed by atoms with Crippen LogP contribution in [-0.4, -0.2) is 17.4 Å². The van der Waals surface area contributed by atoms with E-state index in [0.29, 0.717) is 11.4 Å². The third kappa shape index (κ3) is 3.43. The van der Waals surface area contributed by atoms with Crippen LogP contribution in [0.15, 0.2) is 18.3 Å². The molecule has 5 heteroatoms. The molecule has 98 valence electrons. The summed E-state index contributed by atoms with van der Waals surface area (Å²) in [5.41, 5.74) is 3.02. The minimum atomic E-state index is -0.0631. The van der Waals surface area contributed by atoms with Crippen LogP contribution in [0.4, 0.5) is 5.82 Å². The Balaban J connectivity index is 1.79. The number of carbonyl (C=O) groups is 1. The zero-order valence-corrected chi connectivity index (χ0v) is 10.5. The second-order valence-electron chi connectivity index (χ2n) is 4.77. The van der Waals surface area contributed by atoms with Crippen LogP contribution in [0.3, 0.4) is 0 Å². The van der Waals surface area contributed by atoms with Crippen molar-refractivity contribution in [2.24, 2.45) is 11.8 Å². The first-order valence-corrected chi connectivity index (χ1v) is 6.50. The maximum Gasteiger partial charge on any atom is 0.251 e. The smallest absolute Gasteiger partial charge is 0.251 e. The van der Waals surface area contributed by atoms with Crippen molar-refractivity contribution in [3.63, 3.8) is 0 Å². The Kier molecular flexibility index (Phi) is 4.52. The number of nitrogens with one attached hydrogen (secondary N) is 2. The molecule has 0 saturated heterocycles. The molecule has 1 aromatic rings. The van der Waals surface area contributed by atoms with Crippen molar-refractivity contribution < 1.29 is 4.79 Å². The van der Waals surface area contributed by atoms with Crippen LogP contribution in [0.5, 0.6) is 0 Å². The molecule has 1 aliphatic rings. The molecule has 0 radical (unpaired) electrons. The summed E-state index contributed by atoms with van der Waals surface area (Å²) >= 11 is 0. The predicted molar refractivity (Wildman–Crippen MR) is 71.0 cm³/mol. The van der Waals surface area contributed by atoms with Gasteiger partial charge in [-0.15, -0.1) is 0 Å². The maximum atomic E-state index is 11.9. The third-order valence-corrected chi connectivity index (χ3v) is 3.48. The van der Waals surface area contributed by atoms with Crippen molar-refractivity contribution in [1.82, 2.24) is 10.3 Å². The molecule has 1 saturated carbocycles. The Bertz CT molecular complexity index is 402. The van der Waals surface area contributed by atoms with E-state index >= 15 is 0 Å². The van der Waals surface area contributed by atoms with Gasteiger partial charge in [0.15, 0.2) is 0 Å². The van der Waals surface area contributed by atoms with Gasteiger partial charge in [0.05, 0.1) is 0 Å². The Morgan fingerprint density at radius 2 is 2.22 bits per heavy atom. The first-order chi connectivity index (χ1) is 8.79. The fourth-order valence-electron chi connectivity index (χ4n) is 2.44. The van der Waals surface area contributed by atoms with Crippen LogP contribution in [-0.2, 0) is 0 Å². The van der Waals surface area contributed by atoms with E-state index in [2.05, 4.69) is 15.7 Å². The van der Waals surface area contributed by atoms with Gasteiger partial charge < -0.3 is 10.7 Å². The lowest BCUT2D eigenvalue weighted by molar-refractivity contribution is 0.0951. The summed E-state index contributed by atoms with van der Waals surface area (Å²) in [4.78, 5) is 15.8. The van der Waals surface area contributed by atoms with Crippen molar-refractivity contribution >= 4 is 11.7 Å². The minimum Gasteiger partial charge on any atom is -0.352 e. The van der Waals surface area contributed by atoms with Crippen molar-refractivity contribution in [2.75, 3.05) is 12.0 Å². The van der Waals surface area contributed by atoms with Crippen molar-refractivity contribution in [1.29, 1.82) is 0 Å². The molecule has 1 aromatic heterocycles. The first-order valence-electron chi connectivity index (χ1n) is 6.50. The van der Waals surface area contributed by atoms with Crippen LogP contribution in [0.25, 0.3) is 0 Å². The van der Waals surface area contributed by atoms with E-state index in [0.717, 1.165) is 18.9 Å². The van der Waals surface area contributed by atoms with Gasteiger partial charge in [0.25, 0.3) is 5.91 Å². The molecule has 2 rings (SSSR count). The van der Waals surface area contributed by atoms with Gasteiger partial charge in [0, 0.05) is 18.3 Å². The summed E-state index contributed by atoms with van der Waals surface area (Å²) in [7, 11) is 0. The molecule has 0 aliphatic heterocycles. The molecule has 1 aliphatic carbocycles. The molecule has 1 amide bonds. The highest BCUT2D eigenvalue weighted by Gasteiger charge is 2.15. The lowest BCUT2D eigenvalue weighted by Gasteiger charge is -2.10. The molecule has 0 atom stereocenters. The van der Waals surface area contributed by atoms with Crippen LogP contribution >= 0.6 is 0 Å². The quantitative estimate of drug-likeness (QED) is 0.547. The second kappa shape index (κ2) is 6.35. The molecule has 4 N–H and O–H groups in total. The summed E-state index contributed by atoms with van der Waals surface area (Å²) in [6.45, 7) is 0.747. The number of aromatic nitrogens is 1. The fourth-order valence-corrected chi connectivity index (χ4v) is 2.44. The van der Waals surface area contributed by atoms with E-state index < -0.39 is 0 Å². The van der Waals surface area contributed by atoms with Gasteiger partial charge in [0.1, 0.15) is 5.82 Å². The van der Waals surface area contributed by atoms with Gasteiger partial charge >= 0.3 is 0 Å². The van der Waals surface area contributed by atoms with Gasteiger partial charge in [-0.3, -0.25) is 4.79 Å². The van der Waals surface area contributed by atoms with Gasteiger partial charge in [-0.05, 0) is 24.5 Å². The van der Waals surface area contributed by atoms with Gasteiger partial charge in [-0.2, -0.15) is 0 Å². The van der Waals surface area contributed by atoms with Crippen LogP contribution < -0.4 is 16.6 Å². The fraction of sp³-hybridized carbons (Fsp3) is 0.538. The second-order valence-corrected chi connectivity index (χ2v) is 4.77. The van der Waals surface area contributed by atoms with Crippen molar-refractivity contribution in [3.8, 4) is 0 Å². The molecule has 18 heavy (non-hydrogen) atoms. The lowest BCUT2D eigenvalue weighted by Crippen LogP contribution is -2.26. The summed E-state index contributed by atoms with van der Waals surface area (Å²) in [6, 6.07) is 3.33. The number of hydrazine groups is 1. The Hall–Kier alpha value is -1.62. The largest absolute Gasteiger partial charge is 0.352 e. The Morgan fingerprint density at radius 1 is 1.44 bits per heavy atom. The average Bonchev–Trinajstić information content (AvgIpc) is 2.92. The van der Waals surface area contributed by atoms with Crippen LogP contribution in [0.1, 0.15) is 42.5 Å². The normalized spacial score (nSPS) is 15.6. The zero-order chi connectivity index (χ0) is 12.8. The first kappa shape index (κ1) is 12.8. The van der Waals surface area contributed by atoms with Gasteiger partial charge in [-0.25, -0.2) is 10.8 Å². The number of nitrogens with two attached hydrogens (primary N) is 1. The monoisotopic (exact) mass is 248 g/mol. The average molecular weight is 248 g/mol. The standard InChI is InChI=1S/C13H20N4O/c14-17-12-9-11(6-8-15-12)13(18)16-7-5-10-3-1-2-4-10/h6,8-10H,1-5,7,14H2,(H,15,17)(H,16,18). The number of carbonyl (C=O) groups excluding carboxylic acids is 1. The van der Waals surface area contributed by atoms with E-state index in [1.807, 2.05) is 0 Å². The minimum absolute atomic E-state index is 0.0631. The van der Waals surface area contributed by atoms with E-state index in [4.69, 9.17) is 5.84 Å². The highest BCUT2D eigenvalue weighted by molar-refractivity contribution is 5.94. The van der Waals surface area contributed by atoms with Crippen LogP contribution in [0.2, 0.25) is 0 Å². The number of nitrogens with zero attached hydrogens (tertiary/aromatic N) is 1. The topological polar surface area (TPSA) is 80.0 Å².